The number of furan rings is 1. The standard InChI is InChI=1S/C14H12N2O4S/c1-21-12-5-3-2-4-11(12)15-13(17)8-6-10-7-9-14(20-10)16(18)19/h2-9H,1H3,(H,15,17). The Bertz CT molecular complexity index is 694. The molecular formula is C14H12N2O4S. The topological polar surface area (TPSA) is 85.4 Å². The van der Waals surface area contributed by atoms with Crippen LogP contribution in [0.25, 0.3) is 6.08 Å². The molecule has 1 N–H and O–H groups in total. The highest BCUT2D eigenvalue weighted by molar-refractivity contribution is 7.98. The highest BCUT2D eigenvalue weighted by Gasteiger charge is 2.10. The molecule has 6 nitrogen and oxygen atoms in total. The Kier molecular flexibility index (Phi) is 4.78. The zero-order valence-electron chi connectivity index (χ0n) is 11.1. The van der Waals surface area contributed by atoms with Gasteiger partial charge in [-0.05, 0) is 30.5 Å². The minimum atomic E-state index is -0.633. The van der Waals surface area contributed by atoms with E-state index in [1.165, 1.54) is 36.0 Å². The molecule has 108 valence electrons. The van der Waals surface area contributed by atoms with Crippen LogP contribution in [-0.4, -0.2) is 17.1 Å². The van der Waals surface area contributed by atoms with Crippen LogP contribution in [0.1, 0.15) is 5.76 Å². The number of para-hydroxylation sites is 1. The highest BCUT2D eigenvalue weighted by Crippen LogP contribution is 2.24. The molecule has 0 aliphatic heterocycles. The first-order valence-electron chi connectivity index (χ1n) is 5.96. The van der Waals surface area contributed by atoms with Crippen LogP contribution in [-0.2, 0) is 4.79 Å². The molecule has 0 fully saturated rings. The summed E-state index contributed by atoms with van der Waals surface area (Å²) < 4.78 is 4.92. The van der Waals surface area contributed by atoms with Gasteiger partial charge in [-0.1, -0.05) is 12.1 Å². The van der Waals surface area contributed by atoms with Crippen molar-refractivity contribution in [1.82, 2.24) is 0 Å². The van der Waals surface area contributed by atoms with Gasteiger partial charge >= 0.3 is 5.88 Å². The van der Waals surface area contributed by atoms with Crippen LogP contribution in [0.15, 0.2) is 51.8 Å². The number of benzene rings is 1. The van der Waals surface area contributed by atoms with E-state index < -0.39 is 4.92 Å². The molecule has 1 aromatic carbocycles. The van der Waals surface area contributed by atoms with Gasteiger partial charge in [0.1, 0.15) is 10.7 Å². The molecule has 21 heavy (non-hydrogen) atoms. The second-order valence-electron chi connectivity index (χ2n) is 3.96. The lowest BCUT2D eigenvalue weighted by molar-refractivity contribution is -0.402. The molecule has 0 saturated heterocycles. The van der Waals surface area contributed by atoms with Crippen LogP contribution in [0.3, 0.4) is 0 Å². The number of nitrogens with one attached hydrogen (secondary N) is 1. The van der Waals surface area contributed by atoms with Crippen molar-refractivity contribution >= 4 is 35.3 Å². The van der Waals surface area contributed by atoms with Gasteiger partial charge in [-0.2, -0.15) is 0 Å². The summed E-state index contributed by atoms with van der Waals surface area (Å²) in [6.45, 7) is 0. The number of hydrogen-bond acceptors (Lipinski definition) is 5. The third-order valence-electron chi connectivity index (χ3n) is 2.56. The van der Waals surface area contributed by atoms with Gasteiger partial charge in [-0.25, -0.2) is 0 Å². The fourth-order valence-corrected chi connectivity index (χ4v) is 2.16. The maximum Gasteiger partial charge on any atom is 0.433 e. The Morgan fingerprint density at radius 3 is 2.76 bits per heavy atom. The molecule has 1 aromatic heterocycles. The summed E-state index contributed by atoms with van der Waals surface area (Å²) in [5.74, 6) is -0.451. The van der Waals surface area contributed by atoms with Crippen LogP contribution in [0, 0.1) is 10.1 Å². The third-order valence-corrected chi connectivity index (χ3v) is 3.35. The van der Waals surface area contributed by atoms with Crippen molar-refractivity contribution in [3.8, 4) is 0 Å². The summed E-state index contributed by atoms with van der Waals surface area (Å²) in [5, 5.41) is 13.2. The second-order valence-corrected chi connectivity index (χ2v) is 4.80. The van der Waals surface area contributed by atoms with Gasteiger partial charge in [-0.3, -0.25) is 14.9 Å². The predicted octanol–water partition coefficient (Wildman–Crippen LogP) is 3.56. The Balaban J connectivity index is 2.03. The molecule has 0 radical (unpaired) electrons. The van der Waals surface area contributed by atoms with Crippen LogP contribution in [0.2, 0.25) is 0 Å². The first-order valence-corrected chi connectivity index (χ1v) is 7.19. The minimum Gasteiger partial charge on any atom is -0.401 e. The molecule has 0 aliphatic rings. The predicted molar refractivity (Wildman–Crippen MR) is 81.2 cm³/mol. The average molecular weight is 304 g/mol. The molecular weight excluding hydrogens is 292 g/mol. The van der Waals surface area contributed by atoms with E-state index in [0.717, 1.165) is 4.90 Å². The van der Waals surface area contributed by atoms with Crippen LogP contribution in [0.5, 0.6) is 0 Å². The zero-order valence-corrected chi connectivity index (χ0v) is 11.9. The van der Waals surface area contributed by atoms with Crippen LogP contribution < -0.4 is 5.32 Å². The summed E-state index contributed by atoms with van der Waals surface area (Å²) in [6, 6.07) is 10.1. The monoisotopic (exact) mass is 304 g/mol. The molecule has 7 heteroatoms. The molecule has 0 saturated carbocycles. The Labute approximate surface area is 125 Å². The number of anilines is 1. The lowest BCUT2D eigenvalue weighted by Crippen LogP contribution is -2.08. The average Bonchev–Trinajstić information content (AvgIpc) is 2.95. The molecule has 1 heterocycles. The lowest BCUT2D eigenvalue weighted by Gasteiger charge is -2.06. The Morgan fingerprint density at radius 2 is 2.10 bits per heavy atom. The number of carbonyl (C=O) groups excluding carboxylic acids is 1. The normalized spacial score (nSPS) is 10.7. The van der Waals surface area contributed by atoms with Crippen LogP contribution >= 0.6 is 11.8 Å². The van der Waals surface area contributed by atoms with Crippen molar-refractivity contribution in [2.75, 3.05) is 11.6 Å². The number of carbonyl (C=O) groups is 1. The van der Waals surface area contributed by atoms with Gasteiger partial charge < -0.3 is 9.73 Å². The molecule has 0 atom stereocenters. The molecule has 0 bridgehead atoms. The van der Waals surface area contributed by atoms with E-state index in [-0.39, 0.29) is 17.6 Å². The molecule has 0 aliphatic carbocycles. The van der Waals surface area contributed by atoms with Gasteiger partial charge in [0.25, 0.3) is 0 Å². The third kappa shape index (κ3) is 3.96. The van der Waals surface area contributed by atoms with E-state index in [1.807, 2.05) is 24.5 Å². The van der Waals surface area contributed by atoms with Crippen molar-refractivity contribution in [2.45, 2.75) is 4.90 Å². The van der Waals surface area contributed by atoms with E-state index in [4.69, 9.17) is 4.42 Å². The SMILES string of the molecule is CSc1ccccc1NC(=O)C=Cc1ccc([N+](=O)[O-])o1. The summed E-state index contributed by atoms with van der Waals surface area (Å²) in [4.78, 5) is 22.6. The summed E-state index contributed by atoms with van der Waals surface area (Å²) in [6.07, 6.45) is 4.56. The molecule has 2 rings (SSSR count). The van der Waals surface area contributed by atoms with Gasteiger partial charge in [0.05, 0.1) is 11.8 Å². The van der Waals surface area contributed by atoms with E-state index >= 15 is 0 Å². The molecule has 1 amide bonds. The lowest BCUT2D eigenvalue weighted by atomic mass is 10.3. The molecule has 0 spiro atoms. The van der Waals surface area contributed by atoms with Crippen LogP contribution in [0.4, 0.5) is 11.6 Å². The maximum atomic E-state index is 11.8. The van der Waals surface area contributed by atoms with Gasteiger partial charge in [0.15, 0.2) is 0 Å². The van der Waals surface area contributed by atoms with Gasteiger partial charge in [0, 0.05) is 11.0 Å². The highest BCUT2D eigenvalue weighted by atomic mass is 32.2. The van der Waals surface area contributed by atoms with Crippen molar-refractivity contribution in [2.24, 2.45) is 0 Å². The summed E-state index contributed by atoms with van der Waals surface area (Å²) in [7, 11) is 0. The quantitative estimate of drug-likeness (QED) is 0.395. The number of nitro groups is 1. The fraction of sp³-hybridized carbons (Fsp3) is 0.0714. The van der Waals surface area contributed by atoms with Crippen molar-refractivity contribution in [3.63, 3.8) is 0 Å². The summed E-state index contributed by atoms with van der Waals surface area (Å²) >= 11 is 1.53. The fourth-order valence-electron chi connectivity index (χ4n) is 1.61. The second kappa shape index (κ2) is 6.76. The number of amides is 1. The number of nitrogens with zero attached hydrogens (tertiary/aromatic N) is 1. The number of rotatable bonds is 5. The minimum absolute atomic E-state index is 0.245. The first kappa shape index (κ1) is 14.9. The Hall–Kier alpha value is -2.54. The zero-order chi connectivity index (χ0) is 15.2. The molecule has 2 aromatic rings. The van der Waals surface area contributed by atoms with E-state index in [0.29, 0.717) is 5.69 Å². The maximum absolute atomic E-state index is 11.8. The van der Waals surface area contributed by atoms with Gasteiger partial charge in [-0.15, -0.1) is 11.8 Å². The Morgan fingerprint density at radius 1 is 1.33 bits per heavy atom. The smallest absolute Gasteiger partial charge is 0.401 e. The van der Waals surface area contributed by atoms with Crippen molar-refractivity contribution in [1.29, 1.82) is 0 Å². The largest absolute Gasteiger partial charge is 0.433 e. The van der Waals surface area contributed by atoms with E-state index in [9.17, 15) is 14.9 Å². The van der Waals surface area contributed by atoms with E-state index in [2.05, 4.69) is 5.32 Å². The first-order chi connectivity index (χ1) is 10.1. The van der Waals surface area contributed by atoms with Crippen molar-refractivity contribution in [3.05, 3.63) is 58.3 Å². The van der Waals surface area contributed by atoms with Gasteiger partial charge in [0.2, 0.25) is 5.91 Å². The van der Waals surface area contributed by atoms with E-state index in [1.54, 1.807) is 6.07 Å². The number of hydrogen-bond donors (Lipinski definition) is 1. The summed E-state index contributed by atoms with van der Waals surface area (Å²) in [5.41, 5.74) is 0.713. The van der Waals surface area contributed by atoms with Crippen molar-refractivity contribution < 1.29 is 14.1 Å². The number of thioether (sulfide) groups is 1. The molecule has 0 unspecified atom stereocenters.